The van der Waals surface area contributed by atoms with Gasteiger partial charge in [0.1, 0.15) is 0 Å². The van der Waals surface area contributed by atoms with Gasteiger partial charge in [0.05, 0.1) is 0 Å². The Kier molecular flexibility index (Phi) is 5.34. The minimum Gasteiger partial charge on any atom is -0.334 e. The van der Waals surface area contributed by atoms with Crippen molar-refractivity contribution in [2.75, 3.05) is 26.2 Å². The van der Waals surface area contributed by atoms with Gasteiger partial charge in [0.2, 0.25) is 0 Å². The Morgan fingerprint density at radius 3 is 2.78 bits per heavy atom. The van der Waals surface area contributed by atoms with Crippen molar-refractivity contribution in [2.24, 2.45) is 11.7 Å². The van der Waals surface area contributed by atoms with E-state index < -0.39 is 0 Å². The number of likely N-dealkylation sites (tertiary alicyclic amines) is 2. The molecule has 2 aliphatic rings. The molecule has 0 aliphatic carbocycles. The van der Waals surface area contributed by atoms with Crippen molar-refractivity contribution in [1.82, 2.24) is 9.80 Å². The highest BCUT2D eigenvalue weighted by Gasteiger charge is 2.29. The van der Waals surface area contributed by atoms with Crippen molar-refractivity contribution in [3.8, 4) is 0 Å². The van der Waals surface area contributed by atoms with E-state index >= 15 is 0 Å². The second-order valence-corrected chi connectivity index (χ2v) is 7.20. The Morgan fingerprint density at radius 2 is 2.04 bits per heavy atom. The molecule has 1 amide bonds. The highest BCUT2D eigenvalue weighted by atomic mass is 16.2. The van der Waals surface area contributed by atoms with Crippen LogP contribution in [0.2, 0.25) is 0 Å². The van der Waals surface area contributed by atoms with Gasteiger partial charge in [0.15, 0.2) is 0 Å². The molecule has 23 heavy (non-hydrogen) atoms. The third kappa shape index (κ3) is 3.93. The van der Waals surface area contributed by atoms with Crippen LogP contribution < -0.4 is 5.73 Å². The lowest BCUT2D eigenvalue weighted by Gasteiger charge is -2.38. The molecule has 126 valence electrons. The number of hydrogen-bond acceptors (Lipinski definition) is 3. The molecular formula is C19H29N3O. The molecule has 2 aliphatic heterocycles. The molecule has 0 saturated carbocycles. The lowest BCUT2D eigenvalue weighted by atomic mass is 9.91. The van der Waals surface area contributed by atoms with Gasteiger partial charge in [-0.15, -0.1) is 0 Å². The largest absolute Gasteiger partial charge is 0.334 e. The summed E-state index contributed by atoms with van der Waals surface area (Å²) in [7, 11) is 0. The van der Waals surface area contributed by atoms with E-state index in [1.807, 2.05) is 17.0 Å². The minimum atomic E-state index is 0.149. The van der Waals surface area contributed by atoms with Crippen LogP contribution in [0.1, 0.15) is 48.5 Å². The van der Waals surface area contributed by atoms with E-state index in [1.165, 1.54) is 31.5 Å². The van der Waals surface area contributed by atoms with Crippen LogP contribution in [0.5, 0.6) is 0 Å². The summed E-state index contributed by atoms with van der Waals surface area (Å²) in [6.45, 7) is 6.95. The third-order valence-corrected chi connectivity index (χ3v) is 5.29. The molecule has 2 unspecified atom stereocenters. The van der Waals surface area contributed by atoms with Gasteiger partial charge in [-0.25, -0.2) is 0 Å². The zero-order valence-electron chi connectivity index (χ0n) is 14.2. The van der Waals surface area contributed by atoms with E-state index in [2.05, 4.69) is 24.0 Å². The number of hydrogen-bond donors (Lipinski definition) is 1. The van der Waals surface area contributed by atoms with Crippen molar-refractivity contribution in [1.29, 1.82) is 0 Å². The Labute approximate surface area is 139 Å². The van der Waals surface area contributed by atoms with Gasteiger partial charge in [-0.1, -0.05) is 19.1 Å². The maximum Gasteiger partial charge on any atom is 0.254 e. The third-order valence-electron chi connectivity index (χ3n) is 5.29. The monoisotopic (exact) mass is 315 g/mol. The number of nitrogens with zero attached hydrogens (tertiary/aromatic N) is 2. The normalized spacial score (nSPS) is 25.7. The molecule has 0 radical (unpaired) electrons. The van der Waals surface area contributed by atoms with Gasteiger partial charge in [-0.3, -0.25) is 9.69 Å². The molecule has 3 rings (SSSR count). The summed E-state index contributed by atoms with van der Waals surface area (Å²) < 4.78 is 0. The van der Waals surface area contributed by atoms with E-state index in [1.54, 1.807) is 0 Å². The summed E-state index contributed by atoms with van der Waals surface area (Å²) in [5, 5.41) is 0. The quantitative estimate of drug-likeness (QED) is 0.928. The second kappa shape index (κ2) is 7.45. The smallest absolute Gasteiger partial charge is 0.254 e. The lowest BCUT2D eigenvalue weighted by Crippen LogP contribution is -2.49. The van der Waals surface area contributed by atoms with Crippen LogP contribution in [0, 0.1) is 5.92 Å². The van der Waals surface area contributed by atoms with Gasteiger partial charge in [-0.2, -0.15) is 0 Å². The molecule has 4 nitrogen and oxygen atoms in total. The number of rotatable bonds is 4. The van der Waals surface area contributed by atoms with Crippen LogP contribution in [0.4, 0.5) is 0 Å². The van der Waals surface area contributed by atoms with E-state index in [9.17, 15) is 4.79 Å². The number of carbonyl (C=O) groups excluding carboxylic acids is 1. The van der Waals surface area contributed by atoms with Gasteiger partial charge in [0, 0.05) is 31.2 Å². The number of amides is 1. The van der Waals surface area contributed by atoms with Crippen molar-refractivity contribution >= 4 is 5.91 Å². The lowest BCUT2D eigenvalue weighted by molar-refractivity contribution is 0.0573. The highest BCUT2D eigenvalue weighted by Crippen LogP contribution is 2.24. The average molecular weight is 315 g/mol. The standard InChI is InChI=1S/C19H29N3O/c1-15-7-10-22(18(11-15)13-20)19(23)17-6-4-5-16(12-17)14-21-8-2-3-9-21/h4-6,12,15,18H,2-3,7-11,13-14,20H2,1H3. The predicted octanol–water partition coefficient (Wildman–Crippen LogP) is 2.48. The van der Waals surface area contributed by atoms with E-state index in [0.717, 1.165) is 31.5 Å². The number of benzene rings is 1. The molecule has 0 bridgehead atoms. The summed E-state index contributed by atoms with van der Waals surface area (Å²) in [4.78, 5) is 17.4. The van der Waals surface area contributed by atoms with Crippen molar-refractivity contribution in [3.05, 3.63) is 35.4 Å². The zero-order chi connectivity index (χ0) is 16.2. The summed E-state index contributed by atoms with van der Waals surface area (Å²) >= 11 is 0. The van der Waals surface area contributed by atoms with Crippen LogP contribution in [0.25, 0.3) is 0 Å². The first-order valence-corrected chi connectivity index (χ1v) is 8.99. The molecule has 0 spiro atoms. The summed E-state index contributed by atoms with van der Waals surface area (Å²) in [6, 6.07) is 8.36. The highest BCUT2D eigenvalue weighted by molar-refractivity contribution is 5.94. The maximum absolute atomic E-state index is 12.9. The predicted molar refractivity (Wildman–Crippen MR) is 93.2 cm³/mol. The fraction of sp³-hybridized carbons (Fsp3) is 0.632. The number of nitrogens with two attached hydrogens (primary N) is 1. The van der Waals surface area contributed by atoms with Crippen LogP contribution in [-0.2, 0) is 6.54 Å². The van der Waals surface area contributed by atoms with Crippen LogP contribution >= 0.6 is 0 Å². The SMILES string of the molecule is CC1CCN(C(=O)c2cccc(CN3CCCC3)c2)C(CN)C1. The summed E-state index contributed by atoms with van der Waals surface area (Å²) in [5.41, 5.74) is 7.97. The molecule has 1 aromatic rings. The molecule has 4 heteroatoms. The van der Waals surface area contributed by atoms with Gasteiger partial charge < -0.3 is 10.6 Å². The van der Waals surface area contributed by atoms with Crippen molar-refractivity contribution < 1.29 is 4.79 Å². The van der Waals surface area contributed by atoms with Crippen LogP contribution in [0.3, 0.4) is 0 Å². The van der Waals surface area contributed by atoms with Crippen molar-refractivity contribution in [2.45, 2.75) is 45.2 Å². The number of piperidine rings is 1. The Morgan fingerprint density at radius 1 is 1.26 bits per heavy atom. The van der Waals surface area contributed by atoms with E-state index in [0.29, 0.717) is 12.5 Å². The van der Waals surface area contributed by atoms with Crippen LogP contribution in [-0.4, -0.2) is 47.9 Å². The maximum atomic E-state index is 12.9. The van der Waals surface area contributed by atoms with E-state index in [4.69, 9.17) is 5.73 Å². The molecular weight excluding hydrogens is 286 g/mol. The molecule has 2 fully saturated rings. The fourth-order valence-electron chi connectivity index (χ4n) is 3.91. The van der Waals surface area contributed by atoms with E-state index in [-0.39, 0.29) is 11.9 Å². The zero-order valence-corrected chi connectivity index (χ0v) is 14.2. The fourth-order valence-corrected chi connectivity index (χ4v) is 3.91. The molecule has 2 atom stereocenters. The van der Waals surface area contributed by atoms with Gasteiger partial charge in [0.25, 0.3) is 5.91 Å². The molecule has 0 aromatic heterocycles. The van der Waals surface area contributed by atoms with Gasteiger partial charge in [-0.05, 0) is 62.4 Å². The molecule has 2 N–H and O–H groups in total. The summed E-state index contributed by atoms with van der Waals surface area (Å²) in [6.07, 6.45) is 4.69. The average Bonchev–Trinajstić information content (AvgIpc) is 3.07. The summed E-state index contributed by atoms with van der Waals surface area (Å²) in [5.74, 6) is 0.810. The molecule has 1 aromatic carbocycles. The van der Waals surface area contributed by atoms with Crippen molar-refractivity contribution in [3.63, 3.8) is 0 Å². The Balaban J connectivity index is 1.71. The second-order valence-electron chi connectivity index (χ2n) is 7.20. The minimum absolute atomic E-state index is 0.149. The van der Waals surface area contributed by atoms with Gasteiger partial charge >= 0.3 is 0 Å². The molecule has 2 heterocycles. The Hall–Kier alpha value is -1.39. The topological polar surface area (TPSA) is 49.6 Å². The first kappa shape index (κ1) is 16.5. The Bertz CT molecular complexity index is 539. The van der Waals surface area contributed by atoms with Crippen LogP contribution in [0.15, 0.2) is 24.3 Å². The first-order valence-electron chi connectivity index (χ1n) is 8.99. The molecule has 2 saturated heterocycles. The first-order chi connectivity index (χ1) is 11.2. The number of carbonyl (C=O) groups is 1.